The minimum absolute atomic E-state index is 0.00202. The van der Waals surface area contributed by atoms with Gasteiger partial charge < -0.3 is 30.1 Å². The van der Waals surface area contributed by atoms with Gasteiger partial charge in [-0.25, -0.2) is 9.47 Å². The predicted molar refractivity (Wildman–Crippen MR) is 152 cm³/mol. The van der Waals surface area contributed by atoms with Gasteiger partial charge in [-0.1, -0.05) is 30.0 Å². The maximum Gasteiger partial charge on any atom is 0.341 e. The van der Waals surface area contributed by atoms with Crippen molar-refractivity contribution in [2.24, 2.45) is 0 Å². The maximum absolute atomic E-state index is 13.0. The molecule has 0 radical (unpaired) electrons. The number of carbonyl (C=O) groups is 2. The van der Waals surface area contributed by atoms with Gasteiger partial charge in [0.2, 0.25) is 17.9 Å². The molecule has 11 nitrogen and oxygen atoms in total. The largest absolute Gasteiger partial charge is 0.496 e. The Kier molecular flexibility index (Phi) is 8.12. The average molecular weight is 582 g/mol. The molecular formula is C27H27N5O6S2. The Morgan fingerprint density at radius 3 is 2.77 bits per heavy atom. The molecule has 3 N–H and O–H groups in total. The van der Waals surface area contributed by atoms with Crippen LogP contribution in [0.4, 0.5) is 5.00 Å². The highest BCUT2D eigenvalue weighted by atomic mass is 32.2. The zero-order chi connectivity index (χ0) is 28.2. The first-order valence-corrected chi connectivity index (χ1v) is 14.1. The summed E-state index contributed by atoms with van der Waals surface area (Å²) in [7, 11) is 1.56. The fourth-order valence-electron chi connectivity index (χ4n) is 4.18. The molecule has 0 atom stereocenters. The van der Waals surface area contributed by atoms with E-state index in [9.17, 15) is 9.59 Å². The third kappa shape index (κ3) is 5.56. The lowest BCUT2D eigenvalue weighted by Crippen LogP contribution is -2.18. The van der Waals surface area contributed by atoms with Crippen molar-refractivity contribution in [3.63, 3.8) is 0 Å². The van der Waals surface area contributed by atoms with Gasteiger partial charge in [0.05, 0.1) is 30.6 Å². The van der Waals surface area contributed by atoms with Crippen LogP contribution in [-0.4, -0.2) is 53.0 Å². The molecule has 5 rings (SSSR count). The molecule has 0 saturated heterocycles. The lowest BCUT2D eigenvalue weighted by Gasteiger charge is -2.08. The number of hydrogen-bond acceptors (Lipinski definition) is 11. The van der Waals surface area contributed by atoms with Gasteiger partial charge in [0.25, 0.3) is 0 Å². The second-order valence-corrected chi connectivity index (χ2v) is 10.7. The number of para-hydroxylation sites is 1. The van der Waals surface area contributed by atoms with E-state index in [4.69, 9.17) is 24.8 Å². The molecule has 4 aromatic rings. The summed E-state index contributed by atoms with van der Waals surface area (Å²) < 4.78 is 22.9. The van der Waals surface area contributed by atoms with Gasteiger partial charge in [-0.2, -0.15) is 0 Å². The van der Waals surface area contributed by atoms with Crippen LogP contribution < -0.4 is 25.4 Å². The summed E-state index contributed by atoms with van der Waals surface area (Å²) in [4.78, 5) is 26.8. The van der Waals surface area contributed by atoms with Crippen molar-refractivity contribution < 1.29 is 28.5 Å². The zero-order valence-electron chi connectivity index (χ0n) is 22.1. The number of fused-ring (bicyclic) bond motifs is 1. The van der Waals surface area contributed by atoms with Crippen LogP contribution in [-0.2, 0) is 16.0 Å². The van der Waals surface area contributed by atoms with E-state index in [1.54, 1.807) is 20.1 Å². The number of ether oxygens (including phenoxy) is 4. The van der Waals surface area contributed by atoms with E-state index in [0.29, 0.717) is 50.8 Å². The number of methoxy groups -OCH3 is 1. The number of esters is 1. The van der Waals surface area contributed by atoms with Crippen LogP contribution in [0.3, 0.4) is 0 Å². The third-order valence-electron chi connectivity index (χ3n) is 6.12. The highest BCUT2D eigenvalue weighted by Crippen LogP contribution is 2.38. The number of nitrogens with one attached hydrogen (secondary N) is 1. The first kappa shape index (κ1) is 27.3. The summed E-state index contributed by atoms with van der Waals surface area (Å²) in [5.74, 6) is 7.82. The van der Waals surface area contributed by atoms with Crippen molar-refractivity contribution in [1.29, 1.82) is 0 Å². The minimum Gasteiger partial charge on any atom is -0.496 e. The molecule has 1 amide bonds. The summed E-state index contributed by atoms with van der Waals surface area (Å²) in [6, 6.07) is 13.0. The molecule has 208 valence electrons. The summed E-state index contributed by atoms with van der Waals surface area (Å²) in [6.07, 6.45) is 0.548. The van der Waals surface area contributed by atoms with Gasteiger partial charge in [-0.3, -0.25) is 4.79 Å². The van der Waals surface area contributed by atoms with Crippen molar-refractivity contribution in [1.82, 2.24) is 14.9 Å². The van der Waals surface area contributed by atoms with Gasteiger partial charge in [0.15, 0.2) is 17.3 Å². The number of anilines is 1. The number of thiophene rings is 1. The van der Waals surface area contributed by atoms with E-state index in [0.717, 1.165) is 27.8 Å². The molecule has 0 fully saturated rings. The summed E-state index contributed by atoms with van der Waals surface area (Å²) in [5.41, 5.74) is 2.78. The maximum atomic E-state index is 13.0. The molecule has 0 unspecified atom stereocenters. The van der Waals surface area contributed by atoms with Gasteiger partial charge in [0, 0.05) is 11.3 Å². The molecule has 40 heavy (non-hydrogen) atoms. The van der Waals surface area contributed by atoms with Crippen LogP contribution in [0.25, 0.3) is 11.4 Å². The standard InChI is InChI=1S/C27H27N5O6S2/c1-4-36-26(34)23-15(2)21(12-16-9-10-19-20(11-16)38-14-37-19)40-25(23)29-22(33)13-39-27-31-30-24(32(27)28)17-7-5-6-8-18(17)35-3/h5-11H,4,12-14,28H2,1-3H3,(H,29,33). The third-order valence-corrected chi connectivity index (χ3v) is 8.27. The topological polar surface area (TPSA) is 140 Å². The van der Waals surface area contributed by atoms with E-state index in [1.807, 2.05) is 43.3 Å². The average Bonchev–Trinajstić information content (AvgIpc) is 3.64. The normalized spacial score (nSPS) is 11.9. The van der Waals surface area contributed by atoms with E-state index in [-0.39, 0.29) is 25.1 Å². The molecule has 0 spiro atoms. The number of benzene rings is 2. The second kappa shape index (κ2) is 11.9. The SMILES string of the molecule is CCOC(=O)c1c(NC(=O)CSc2nnc(-c3ccccc3OC)n2N)sc(Cc2ccc3c(c2)OCO3)c1C. The van der Waals surface area contributed by atoms with Crippen molar-refractivity contribution >= 4 is 40.0 Å². The van der Waals surface area contributed by atoms with Gasteiger partial charge >= 0.3 is 5.97 Å². The van der Waals surface area contributed by atoms with Crippen molar-refractivity contribution in [3.05, 3.63) is 64.0 Å². The number of amides is 1. The molecule has 3 heterocycles. The fourth-order valence-corrected chi connectivity index (χ4v) is 6.08. The van der Waals surface area contributed by atoms with Crippen molar-refractivity contribution in [2.75, 3.05) is 37.4 Å². The quantitative estimate of drug-likeness (QED) is 0.159. The Hall–Kier alpha value is -4.23. The van der Waals surface area contributed by atoms with E-state index < -0.39 is 5.97 Å². The second-order valence-electron chi connectivity index (χ2n) is 8.65. The number of nitrogens with zero attached hydrogens (tertiary/aromatic N) is 3. The van der Waals surface area contributed by atoms with Gasteiger partial charge in [0.1, 0.15) is 10.8 Å². The Labute approximate surface area is 238 Å². The Morgan fingerprint density at radius 1 is 1.18 bits per heavy atom. The molecule has 13 heteroatoms. The molecule has 2 aromatic heterocycles. The number of thioether (sulfide) groups is 1. The highest BCUT2D eigenvalue weighted by Gasteiger charge is 2.25. The van der Waals surface area contributed by atoms with Crippen LogP contribution in [0.1, 0.15) is 33.3 Å². The molecule has 1 aliphatic rings. The lowest BCUT2D eigenvalue weighted by atomic mass is 10.1. The first-order chi connectivity index (χ1) is 19.4. The van der Waals surface area contributed by atoms with Crippen LogP contribution in [0.5, 0.6) is 17.2 Å². The van der Waals surface area contributed by atoms with Crippen molar-refractivity contribution in [3.8, 4) is 28.6 Å². The van der Waals surface area contributed by atoms with Crippen LogP contribution in [0.2, 0.25) is 0 Å². The smallest absolute Gasteiger partial charge is 0.341 e. The zero-order valence-corrected chi connectivity index (χ0v) is 23.7. The molecule has 0 saturated carbocycles. The van der Waals surface area contributed by atoms with Crippen LogP contribution >= 0.6 is 23.1 Å². The first-order valence-electron chi connectivity index (χ1n) is 12.3. The summed E-state index contributed by atoms with van der Waals surface area (Å²) >= 11 is 2.47. The van der Waals surface area contributed by atoms with E-state index in [2.05, 4.69) is 15.5 Å². The highest BCUT2D eigenvalue weighted by molar-refractivity contribution is 7.99. The Morgan fingerprint density at radius 2 is 1.98 bits per heavy atom. The van der Waals surface area contributed by atoms with E-state index >= 15 is 0 Å². The fraction of sp³-hybridized carbons (Fsp3) is 0.259. The number of nitrogens with two attached hydrogens (primary N) is 1. The molecular weight excluding hydrogens is 554 g/mol. The number of hydrogen-bond donors (Lipinski definition) is 2. The van der Waals surface area contributed by atoms with Gasteiger partial charge in [-0.05, 0) is 49.2 Å². The van der Waals surface area contributed by atoms with Gasteiger partial charge in [-0.15, -0.1) is 21.5 Å². The number of aromatic nitrogens is 3. The van der Waals surface area contributed by atoms with Crippen LogP contribution in [0.15, 0.2) is 47.6 Å². The molecule has 0 aliphatic carbocycles. The molecule has 1 aliphatic heterocycles. The Balaban J connectivity index is 1.32. The minimum atomic E-state index is -0.487. The Bertz CT molecular complexity index is 1570. The lowest BCUT2D eigenvalue weighted by molar-refractivity contribution is -0.113. The monoisotopic (exact) mass is 581 g/mol. The molecule has 2 aromatic carbocycles. The number of carbonyl (C=O) groups excluding carboxylic acids is 2. The van der Waals surface area contributed by atoms with E-state index in [1.165, 1.54) is 16.0 Å². The molecule has 0 bridgehead atoms. The predicted octanol–water partition coefficient (Wildman–Crippen LogP) is 4.26. The number of nitrogen functional groups attached to an aromatic ring is 1. The van der Waals surface area contributed by atoms with Crippen LogP contribution in [0, 0.1) is 6.92 Å². The summed E-state index contributed by atoms with van der Waals surface area (Å²) in [5, 5.41) is 12.0. The summed E-state index contributed by atoms with van der Waals surface area (Å²) in [6.45, 7) is 4.01. The number of rotatable bonds is 10. The van der Waals surface area contributed by atoms with Crippen molar-refractivity contribution in [2.45, 2.75) is 25.4 Å².